The molecule has 0 bridgehead atoms. The van der Waals surface area contributed by atoms with E-state index in [1.807, 2.05) is 0 Å². The van der Waals surface area contributed by atoms with Crippen LogP contribution >= 0.6 is 15.9 Å². The lowest BCUT2D eigenvalue weighted by Gasteiger charge is -2.07. The Balaban J connectivity index is 2.01. The number of hydrogen-bond donors (Lipinski definition) is 0. The van der Waals surface area contributed by atoms with Gasteiger partial charge >= 0.3 is 0 Å². The molecule has 1 aromatic carbocycles. The zero-order valence-corrected chi connectivity index (χ0v) is 17.4. The van der Waals surface area contributed by atoms with Crippen LogP contribution in [-0.4, -0.2) is 26.1 Å². The predicted molar refractivity (Wildman–Crippen MR) is 108 cm³/mol. The zero-order valence-electron chi connectivity index (χ0n) is 15.8. The molecule has 0 radical (unpaired) electrons. The van der Waals surface area contributed by atoms with Crippen molar-refractivity contribution in [3.05, 3.63) is 28.2 Å². The van der Waals surface area contributed by atoms with Crippen molar-refractivity contribution >= 4 is 21.7 Å². The first kappa shape index (κ1) is 22.2. The maximum Gasteiger partial charge on any atom is 0.188 e. The highest BCUT2D eigenvalue weighted by atomic mass is 79.9. The van der Waals surface area contributed by atoms with Gasteiger partial charge in [0.2, 0.25) is 0 Å². The quantitative estimate of drug-likeness (QED) is 0.241. The van der Waals surface area contributed by atoms with Crippen LogP contribution in [0.2, 0.25) is 0 Å². The summed E-state index contributed by atoms with van der Waals surface area (Å²) in [5.74, 6) is 0.735. The van der Waals surface area contributed by atoms with Crippen LogP contribution in [-0.2, 0) is 4.74 Å². The van der Waals surface area contributed by atoms with Crippen molar-refractivity contribution in [3.63, 3.8) is 0 Å². The average molecular weight is 413 g/mol. The second kappa shape index (κ2) is 14.3. The van der Waals surface area contributed by atoms with E-state index in [0.717, 1.165) is 16.6 Å². The number of unbranched alkanes of at least 4 members (excludes halogenated alkanes) is 9. The van der Waals surface area contributed by atoms with Gasteiger partial charge < -0.3 is 9.47 Å². The van der Waals surface area contributed by atoms with Crippen molar-refractivity contribution in [1.29, 1.82) is 0 Å². The summed E-state index contributed by atoms with van der Waals surface area (Å²) < 4.78 is 11.5. The third-order valence-electron chi connectivity index (χ3n) is 4.35. The van der Waals surface area contributed by atoms with E-state index in [4.69, 9.17) is 9.47 Å². The number of rotatable bonds is 15. The minimum Gasteiger partial charge on any atom is -0.496 e. The van der Waals surface area contributed by atoms with Gasteiger partial charge in [-0.2, -0.15) is 0 Å². The van der Waals surface area contributed by atoms with Crippen molar-refractivity contribution < 1.29 is 14.3 Å². The van der Waals surface area contributed by atoms with Gasteiger partial charge in [-0.05, 0) is 40.5 Å². The highest BCUT2D eigenvalue weighted by Gasteiger charge is 2.09. The molecule has 4 heteroatoms. The molecular formula is C21H33BrO3. The largest absolute Gasteiger partial charge is 0.496 e. The fourth-order valence-corrected chi connectivity index (χ4v) is 3.32. The molecule has 0 spiro atoms. The highest BCUT2D eigenvalue weighted by molar-refractivity contribution is 9.10. The number of Topliss-reactive ketones (excluding diaryl/α,β-unsaturated/α-hetero) is 1. The Morgan fingerprint density at radius 3 is 2.12 bits per heavy atom. The van der Waals surface area contributed by atoms with Gasteiger partial charge in [0.05, 0.1) is 11.6 Å². The van der Waals surface area contributed by atoms with Gasteiger partial charge in [0.25, 0.3) is 0 Å². The smallest absolute Gasteiger partial charge is 0.188 e. The number of halogens is 1. The number of ether oxygens (including phenoxy) is 2. The lowest BCUT2D eigenvalue weighted by molar-refractivity contribution is 0.0752. The van der Waals surface area contributed by atoms with Crippen molar-refractivity contribution in [3.8, 4) is 5.75 Å². The van der Waals surface area contributed by atoms with E-state index < -0.39 is 0 Å². The van der Waals surface area contributed by atoms with E-state index in [1.165, 1.54) is 57.8 Å². The second-order valence-corrected chi connectivity index (χ2v) is 7.36. The van der Waals surface area contributed by atoms with Gasteiger partial charge in [-0.1, -0.05) is 64.7 Å². The van der Waals surface area contributed by atoms with Gasteiger partial charge in [-0.25, -0.2) is 0 Å². The van der Waals surface area contributed by atoms with Crippen LogP contribution in [0.3, 0.4) is 0 Å². The minimum atomic E-state index is 0.00966. The molecule has 0 aromatic heterocycles. The molecule has 0 saturated carbocycles. The molecule has 1 rings (SSSR count). The van der Waals surface area contributed by atoms with E-state index in [0.29, 0.717) is 12.2 Å². The van der Waals surface area contributed by atoms with Crippen molar-refractivity contribution in [2.24, 2.45) is 0 Å². The van der Waals surface area contributed by atoms with Gasteiger partial charge in [-0.3, -0.25) is 4.79 Å². The number of hydrogen-bond acceptors (Lipinski definition) is 3. The molecule has 0 N–H and O–H groups in total. The molecule has 142 valence electrons. The number of carbonyl (C=O) groups excluding carboxylic acids is 1. The Hall–Kier alpha value is -0.870. The fraction of sp³-hybridized carbons (Fsp3) is 0.667. The van der Waals surface area contributed by atoms with Crippen LogP contribution in [0.15, 0.2) is 22.7 Å². The van der Waals surface area contributed by atoms with E-state index in [2.05, 4.69) is 22.9 Å². The summed E-state index contributed by atoms with van der Waals surface area (Å²) in [6.45, 7) is 3.07. The van der Waals surface area contributed by atoms with Crippen LogP contribution < -0.4 is 4.74 Å². The molecule has 1 aromatic rings. The lowest BCUT2D eigenvalue weighted by Crippen LogP contribution is -2.10. The Morgan fingerprint density at radius 2 is 1.56 bits per heavy atom. The molecule has 0 saturated heterocycles. The maximum atomic E-state index is 12.1. The van der Waals surface area contributed by atoms with Crippen molar-refractivity contribution in [2.45, 2.75) is 71.1 Å². The normalized spacial score (nSPS) is 10.8. The average Bonchev–Trinajstić information content (AvgIpc) is 2.62. The molecule has 0 fully saturated rings. The zero-order chi connectivity index (χ0) is 18.3. The molecule has 25 heavy (non-hydrogen) atoms. The van der Waals surface area contributed by atoms with E-state index in [9.17, 15) is 4.79 Å². The van der Waals surface area contributed by atoms with Crippen LogP contribution in [0.1, 0.15) is 81.5 Å². The highest BCUT2D eigenvalue weighted by Crippen LogP contribution is 2.25. The molecular weight excluding hydrogens is 380 g/mol. The monoisotopic (exact) mass is 412 g/mol. The van der Waals surface area contributed by atoms with Crippen molar-refractivity contribution in [1.82, 2.24) is 0 Å². The molecule has 3 nitrogen and oxygen atoms in total. The van der Waals surface area contributed by atoms with E-state index in [-0.39, 0.29) is 12.4 Å². The van der Waals surface area contributed by atoms with Crippen LogP contribution in [0.5, 0.6) is 5.75 Å². The number of ketones is 1. The Morgan fingerprint density at radius 1 is 0.960 bits per heavy atom. The topological polar surface area (TPSA) is 35.5 Å². The number of benzene rings is 1. The van der Waals surface area contributed by atoms with Gasteiger partial charge in [0, 0.05) is 12.2 Å². The standard InChI is InChI=1S/C21H33BrO3/c1-3-4-5-6-7-8-9-10-11-12-15-25-17-20(23)18-13-14-21(24-2)19(22)16-18/h13-14,16H,3-12,15,17H2,1-2H3. The van der Waals surface area contributed by atoms with Gasteiger partial charge in [-0.15, -0.1) is 0 Å². The van der Waals surface area contributed by atoms with Crippen LogP contribution in [0.4, 0.5) is 0 Å². The summed E-state index contributed by atoms with van der Waals surface area (Å²) in [5.41, 5.74) is 0.649. The molecule has 0 aliphatic heterocycles. The summed E-state index contributed by atoms with van der Waals surface area (Å²) in [6.07, 6.45) is 13.0. The molecule has 0 heterocycles. The SMILES string of the molecule is CCCCCCCCCCCCOCC(=O)c1ccc(OC)c(Br)c1. The number of methoxy groups -OCH3 is 1. The summed E-state index contributed by atoms with van der Waals surface area (Å²) in [4.78, 5) is 12.1. The maximum absolute atomic E-state index is 12.1. The van der Waals surface area contributed by atoms with Gasteiger partial charge in [0.15, 0.2) is 5.78 Å². The van der Waals surface area contributed by atoms with Crippen molar-refractivity contribution in [2.75, 3.05) is 20.3 Å². The summed E-state index contributed by atoms with van der Waals surface area (Å²) in [5, 5.41) is 0. The van der Waals surface area contributed by atoms with E-state index in [1.54, 1.807) is 25.3 Å². The lowest BCUT2D eigenvalue weighted by atomic mass is 10.1. The third kappa shape index (κ3) is 10.0. The Labute approximate surface area is 161 Å². The third-order valence-corrected chi connectivity index (χ3v) is 4.97. The predicted octanol–water partition coefficient (Wildman–Crippen LogP) is 6.58. The first-order valence-electron chi connectivity index (χ1n) is 9.63. The molecule has 0 atom stereocenters. The first-order valence-corrected chi connectivity index (χ1v) is 10.4. The Kier molecular flexibility index (Phi) is 12.7. The van der Waals surface area contributed by atoms with Crippen LogP contribution in [0, 0.1) is 0 Å². The fourth-order valence-electron chi connectivity index (χ4n) is 2.78. The summed E-state index contributed by atoms with van der Waals surface area (Å²) in [7, 11) is 1.61. The molecule has 0 aliphatic rings. The second-order valence-electron chi connectivity index (χ2n) is 6.51. The minimum absolute atomic E-state index is 0.00966. The van der Waals surface area contributed by atoms with E-state index >= 15 is 0 Å². The Bertz CT molecular complexity index is 488. The molecule has 0 aliphatic carbocycles. The van der Waals surface area contributed by atoms with Gasteiger partial charge in [0.1, 0.15) is 12.4 Å². The number of carbonyl (C=O) groups is 1. The molecule has 0 amide bonds. The van der Waals surface area contributed by atoms with Crippen LogP contribution in [0.25, 0.3) is 0 Å². The summed E-state index contributed by atoms with van der Waals surface area (Å²) in [6, 6.07) is 5.35. The summed E-state index contributed by atoms with van der Waals surface area (Å²) >= 11 is 3.40. The molecule has 0 unspecified atom stereocenters. The first-order chi connectivity index (χ1) is 12.2.